The Morgan fingerprint density at radius 1 is 1.32 bits per heavy atom. The van der Waals surface area contributed by atoms with Gasteiger partial charge in [-0.1, -0.05) is 15.9 Å². The predicted molar refractivity (Wildman–Crippen MR) is 83.2 cm³/mol. The minimum Gasteiger partial charge on any atom is -0.325 e. The highest BCUT2D eigenvalue weighted by Crippen LogP contribution is 2.24. The summed E-state index contributed by atoms with van der Waals surface area (Å²) in [5.41, 5.74) is -0.271. The largest absolute Gasteiger partial charge is 0.325 e. The molecule has 0 saturated carbocycles. The topological polar surface area (TPSA) is 90.5 Å². The van der Waals surface area contributed by atoms with Crippen LogP contribution in [-0.2, 0) is 9.59 Å². The molecule has 1 spiro atoms. The van der Waals surface area contributed by atoms with E-state index < -0.39 is 17.5 Å². The van der Waals surface area contributed by atoms with E-state index in [-0.39, 0.29) is 12.5 Å². The van der Waals surface area contributed by atoms with Crippen LogP contribution in [0.1, 0.15) is 6.42 Å². The first kappa shape index (κ1) is 15.0. The quantitative estimate of drug-likeness (QED) is 0.685. The summed E-state index contributed by atoms with van der Waals surface area (Å²) in [6.07, 6.45) is 0.544. The zero-order valence-electron chi connectivity index (χ0n) is 11.7. The number of carbonyl (C=O) groups excluding carboxylic acids is 3. The molecule has 1 unspecified atom stereocenters. The second kappa shape index (κ2) is 5.69. The molecule has 2 saturated heterocycles. The molecule has 2 heterocycles. The lowest BCUT2D eigenvalue weighted by molar-refractivity contribution is -0.133. The maximum atomic E-state index is 12.4. The highest BCUT2D eigenvalue weighted by molar-refractivity contribution is 9.10. The molecule has 1 atom stereocenters. The van der Waals surface area contributed by atoms with Gasteiger partial charge in [0.25, 0.3) is 5.91 Å². The van der Waals surface area contributed by atoms with Crippen molar-refractivity contribution in [2.24, 2.45) is 0 Å². The van der Waals surface area contributed by atoms with Crippen molar-refractivity contribution in [3.05, 3.63) is 28.7 Å². The van der Waals surface area contributed by atoms with Gasteiger partial charge in [0, 0.05) is 16.7 Å². The zero-order valence-corrected chi connectivity index (χ0v) is 13.3. The average molecular weight is 367 g/mol. The maximum Gasteiger partial charge on any atom is 0.325 e. The number of benzene rings is 1. The van der Waals surface area contributed by atoms with E-state index in [0.29, 0.717) is 25.2 Å². The second-order valence-corrected chi connectivity index (χ2v) is 6.30. The summed E-state index contributed by atoms with van der Waals surface area (Å²) < 4.78 is 0.898. The molecule has 2 aliphatic heterocycles. The predicted octanol–water partition coefficient (Wildman–Crippen LogP) is 0.672. The third-order valence-electron chi connectivity index (χ3n) is 3.83. The van der Waals surface area contributed by atoms with Crippen LogP contribution < -0.4 is 16.0 Å². The molecule has 0 bridgehead atoms. The molecule has 3 rings (SSSR count). The standard InChI is InChI=1S/C14H15BrN4O3/c15-9-1-3-10(4-2-9)17-11(20)7-19-12(21)14(18-13(19)22)5-6-16-8-14/h1-4,16H,5-8H2,(H,17,20)(H,18,22). The monoisotopic (exact) mass is 366 g/mol. The summed E-state index contributed by atoms with van der Waals surface area (Å²) >= 11 is 3.31. The fourth-order valence-corrected chi connectivity index (χ4v) is 2.94. The molecule has 2 aliphatic rings. The molecule has 4 amide bonds. The van der Waals surface area contributed by atoms with Gasteiger partial charge in [0.05, 0.1) is 0 Å². The van der Waals surface area contributed by atoms with E-state index in [1.165, 1.54) is 0 Å². The van der Waals surface area contributed by atoms with Crippen molar-refractivity contribution in [3.63, 3.8) is 0 Å². The Labute approximate surface area is 135 Å². The first-order chi connectivity index (χ1) is 10.5. The number of amides is 4. The number of rotatable bonds is 3. The van der Waals surface area contributed by atoms with E-state index in [1.54, 1.807) is 24.3 Å². The van der Waals surface area contributed by atoms with E-state index in [1.807, 2.05) is 0 Å². The van der Waals surface area contributed by atoms with Crippen LogP contribution in [0.25, 0.3) is 0 Å². The minimum atomic E-state index is -0.880. The zero-order chi connectivity index (χ0) is 15.7. The Balaban J connectivity index is 1.65. The van der Waals surface area contributed by atoms with Gasteiger partial charge in [0.2, 0.25) is 5.91 Å². The maximum absolute atomic E-state index is 12.4. The van der Waals surface area contributed by atoms with E-state index >= 15 is 0 Å². The molecule has 3 N–H and O–H groups in total. The number of hydrogen-bond donors (Lipinski definition) is 3. The Hall–Kier alpha value is -1.93. The lowest BCUT2D eigenvalue weighted by Gasteiger charge is -2.19. The summed E-state index contributed by atoms with van der Waals surface area (Å²) in [6, 6.07) is 6.54. The molecule has 8 heteroatoms. The second-order valence-electron chi connectivity index (χ2n) is 5.39. The highest BCUT2D eigenvalue weighted by atomic mass is 79.9. The van der Waals surface area contributed by atoms with Crippen molar-refractivity contribution in [1.29, 1.82) is 0 Å². The Bertz CT molecular complexity index is 625. The highest BCUT2D eigenvalue weighted by Gasteiger charge is 2.52. The number of anilines is 1. The van der Waals surface area contributed by atoms with Crippen LogP contribution in [0.2, 0.25) is 0 Å². The number of nitrogens with zero attached hydrogens (tertiary/aromatic N) is 1. The van der Waals surface area contributed by atoms with E-state index in [0.717, 1.165) is 9.37 Å². The van der Waals surface area contributed by atoms with Gasteiger partial charge >= 0.3 is 6.03 Å². The fourth-order valence-electron chi connectivity index (χ4n) is 2.68. The molecular formula is C14H15BrN4O3. The molecule has 1 aromatic rings. The Kier molecular flexibility index (Phi) is 3.88. The smallest absolute Gasteiger partial charge is 0.325 e. The summed E-state index contributed by atoms with van der Waals surface area (Å²) in [5, 5.41) is 8.42. The summed E-state index contributed by atoms with van der Waals surface area (Å²) in [4.78, 5) is 37.4. The van der Waals surface area contributed by atoms with Crippen LogP contribution in [0, 0.1) is 0 Å². The molecule has 1 aromatic carbocycles. The van der Waals surface area contributed by atoms with E-state index in [2.05, 4.69) is 31.9 Å². The van der Waals surface area contributed by atoms with Crippen LogP contribution in [0.4, 0.5) is 10.5 Å². The molecule has 2 fully saturated rings. The van der Waals surface area contributed by atoms with Crippen molar-refractivity contribution in [2.75, 3.05) is 25.0 Å². The number of hydrogen-bond acceptors (Lipinski definition) is 4. The van der Waals surface area contributed by atoms with Crippen LogP contribution in [0.5, 0.6) is 0 Å². The number of halogens is 1. The van der Waals surface area contributed by atoms with Crippen molar-refractivity contribution < 1.29 is 14.4 Å². The minimum absolute atomic E-state index is 0.289. The number of imide groups is 1. The van der Waals surface area contributed by atoms with Gasteiger partial charge in [0.1, 0.15) is 12.1 Å². The van der Waals surface area contributed by atoms with Crippen LogP contribution in [0.3, 0.4) is 0 Å². The molecule has 0 aromatic heterocycles. The van der Waals surface area contributed by atoms with Crippen LogP contribution >= 0.6 is 15.9 Å². The van der Waals surface area contributed by atoms with E-state index in [9.17, 15) is 14.4 Å². The summed E-state index contributed by atoms with van der Waals surface area (Å²) in [6.45, 7) is 0.788. The summed E-state index contributed by atoms with van der Waals surface area (Å²) in [5.74, 6) is -0.748. The fraction of sp³-hybridized carbons (Fsp3) is 0.357. The van der Waals surface area contributed by atoms with Crippen LogP contribution in [0.15, 0.2) is 28.7 Å². The van der Waals surface area contributed by atoms with Gasteiger partial charge in [0.15, 0.2) is 0 Å². The van der Waals surface area contributed by atoms with Gasteiger partial charge in [-0.3, -0.25) is 14.5 Å². The van der Waals surface area contributed by atoms with Gasteiger partial charge < -0.3 is 16.0 Å². The van der Waals surface area contributed by atoms with Crippen molar-refractivity contribution in [1.82, 2.24) is 15.5 Å². The van der Waals surface area contributed by atoms with Crippen LogP contribution in [-0.4, -0.2) is 47.9 Å². The van der Waals surface area contributed by atoms with Crippen molar-refractivity contribution >= 4 is 39.5 Å². The lowest BCUT2D eigenvalue weighted by atomic mass is 9.99. The molecule has 0 aliphatic carbocycles. The molecular weight excluding hydrogens is 352 g/mol. The molecule has 7 nitrogen and oxygen atoms in total. The number of carbonyl (C=O) groups is 3. The van der Waals surface area contributed by atoms with Gasteiger partial charge in [-0.05, 0) is 37.2 Å². The normalized spacial score (nSPS) is 24.0. The third-order valence-corrected chi connectivity index (χ3v) is 4.36. The number of urea groups is 1. The third kappa shape index (κ3) is 2.71. The Morgan fingerprint density at radius 3 is 2.68 bits per heavy atom. The summed E-state index contributed by atoms with van der Waals surface area (Å²) in [7, 11) is 0. The van der Waals surface area contributed by atoms with Gasteiger partial charge in [-0.25, -0.2) is 4.79 Å². The lowest BCUT2D eigenvalue weighted by Crippen LogP contribution is -2.49. The molecule has 116 valence electrons. The number of nitrogens with one attached hydrogen (secondary N) is 3. The van der Waals surface area contributed by atoms with Gasteiger partial charge in [-0.2, -0.15) is 0 Å². The average Bonchev–Trinajstić information content (AvgIpc) is 3.03. The van der Waals surface area contributed by atoms with Gasteiger partial charge in [-0.15, -0.1) is 0 Å². The SMILES string of the molecule is O=C(CN1C(=O)NC2(CCNC2)C1=O)Nc1ccc(Br)cc1. The van der Waals surface area contributed by atoms with Crippen molar-refractivity contribution in [3.8, 4) is 0 Å². The van der Waals surface area contributed by atoms with E-state index in [4.69, 9.17) is 0 Å². The molecule has 22 heavy (non-hydrogen) atoms. The van der Waals surface area contributed by atoms with Crippen molar-refractivity contribution in [2.45, 2.75) is 12.0 Å². The molecule has 0 radical (unpaired) electrons. The first-order valence-corrected chi connectivity index (χ1v) is 7.70. The Morgan fingerprint density at radius 2 is 2.05 bits per heavy atom. The first-order valence-electron chi connectivity index (χ1n) is 6.90.